The zero-order valence-corrected chi connectivity index (χ0v) is 10.1. The van der Waals surface area contributed by atoms with Crippen LogP contribution in [0, 0.1) is 9.81 Å². The first-order valence-corrected chi connectivity index (χ1v) is 6.15. The summed E-state index contributed by atoms with van der Waals surface area (Å²) in [6, 6.07) is 15.8. The molecule has 0 bridgehead atoms. The predicted molar refractivity (Wildman–Crippen MR) is 72.7 cm³/mol. The van der Waals surface area contributed by atoms with Gasteiger partial charge in [-0.05, 0) is 16.7 Å². The standard InChI is InChI=1S/C15H12N2O2/c18-16-14-11-8-4-5-9-12(11)15(17-19)13(14)10-6-2-1-3-7-10/h1-9,13-15H. The van der Waals surface area contributed by atoms with Crippen LogP contribution in [0.1, 0.15) is 34.7 Å². The summed E-state index contributed by atoms with van der Waals surface area (Å²) in [5, 5.41) is 6.47. The van der Waals surface area contributed by atoms with Crippen LogP contribution in [0.5, 0.6) is 0 Å². The zero-order chi connectivity index (χ0) is 13.2. The molecule has 1 aliphatic rings. The molecule has 0 heterocycles. The molecule has 2 unspecified atom stereocenters. The summed E-state index contributed by atoms with van der Waals surface area (Å²) < 4.78 is 0. The maximum Gasteiger partial charge on any atom is 0.127 e. The third-order valence-electron chi connectivity index (χ3n) is 3.73. The number of hydrogen-bond acceptors (Lipinski definition) is 4. The van der Waals surface area contributed by atoms with E-state index in [0.717, 1.165) is 16.7 Å². The van der Waals surface area contributed by atoms with Gasteiger partial charge in [-0.15, -0.1) is 0 Å². The van der Waals surface area contributed by atoms with E-state index in [4.69, 9.17) is 0 Å². The van der Waals surface area contributed by atoms with E-state index in [1.807, 2.05) is 54.6 Å². The highest BCUT2D eigenvalue weighted by atomic mass is 16.3. The van der Waals surface area contributed by atoms with Gasteiger partial charge in [0, 0.05) is 5.92 Å². The lowest BCUT2D eigenvalue weighted by molar-refractivity contribution is 0.519. The van der Waals surface area contributed by atoms with Gasteiger partial charge in [-0.2, -0.15) is 9.81 Å². The third-order valence-corrected chi connectivity index (χ3v) is 3.73. The van der Waals surface area contributed by atoms with Crippen molar-refractivity contribution in [1.29, 1.82) is 0 Å². The van der Waals surface area contributed by atoms with Gasteiger partial charge in [-0.25, -0.2) is 0 Å². The maximum atomic E-state index is 11.2. The monoisotopic (exact) mass is 252 g/mol. The molecule has 4 heteroatoms. The molecule has 0 spiro atoms. The Morgan fingerprint density at radius 2 is 1.16 bits per heavy atom. The summed E-state index contributed by atoms with van der Waals surface area (Å²) in [6.07, 6.45) is 0. The number of benzene rings is 2. The largest absolute Gasteiger partial charge is 0.150 e. The van der Waals surface area contributed by atoms with Crippen LogP contribution in [-0.2, 0) is 0 Å². The van der Waals surface area contributed by atoms with Crippen LogP contribution in [0.3, 0.4) is 0 Å². The van der Waals surface area contributed by atoms with Crippen molar-refractivity contribution >= 4 is 0 Å². The number of hydrogen-bond donors (Lipinski definition) is 0. The summed E-state index contributed by atoms with van der Waals surface area (Å²) in [7, 11) is 0. The van der Waals surface area contributed by atoms with Gasteiger partial charge in [-0.1, -0.05) is 65.0 Å². The van der Waals surface area contributed by atoms with Gasteiger partial charge >= 0.3 is 0 Å². The summed E-state index contributed by atoms with van der Waals surface area (Å²) in [4.78, 5) is 22.4. The van der Waals surface area contributed by atoms with E-state index in [1.54, 1.807) is 0 Å². The van der Waals surface area contributed by atoms with Crippen molar-refractivity contribution in [2.75, 3.05) is 0 Å². The lowest BCUT2D eigenvalue weighted by Gasteiger charge is -2.17. The fourth-order valence-electron chi connectivity index (χ4n) is 2.89. The second kappa shape index (κ2) is 4.72. The quantitative estimate of drug-likeness (QED) is 0.772. The molecule has 2 aromatic carbocycles. The first-order valence-electron chi connectivity index (χ1n) is 6.15. The highest BCUT2D eigenvalue weighted by Gasteiger charge is 2.43. The van der Waals surface area contributed by atoms with Crippen molar-refractivity contribution in [3.05, 3.63) is 81.1 Å². The summed E-state index contributed by atoms with van der Waals surface area (Å²) in [5.74, 6) is -0.298. The van der Waals surface area contributed by atoms with Crippen LogP contribution >= 0.6 is 0 Å². The molecule has 2 aromatic rings. The second-order valence-corrected chi connectivity index (χ2v) is 4.67. The number of fused-ring (bicyclic) bond motifs is 1. The molecule has 0 aromatic heterocycles. The highest BCUT2D eigenvalue weighted by Crippen LogP contribution is 2.52. The van der Waals surface area contributed by atoms with E-state index in [-0.39, 0.29) is 5.92 Å². The predicted octanol–water partition coefficient (Wildman–Crippen LogP) is 4.10. The van der Waals surface area contributed by atoms with Crippen LogP contribution in [-0.4, -0.2) is 0 Å². The normalized spacial score (nSPS) is 24.7. The van der Waals surface area contributed by atoms with Crippen LogP contribution in [0.15, 0.2) is 65.0 Å². The summed E-state index contributed by atoms with van der Waals surface area (Å²) in [6.45, 7) is 0. The first kappa shape index (κ1) is 11.7. The van der Waals surface area contributed by atoms with Gasteiger partial charge in [0.1, 0.15) is 12.1 Å². The first-order chi connectivity index (χ1) is 9.36. The smallest absolute Gasteiger partial charge is 0.127 e. The van der Waals surface area contributed by atoms with Gasteiger partial charge in [0.05, 0.1) is 0 Å². The zero-order valence-electron chi connectivity index (χ0n) is 10.1. The van der Waals surface area contributed by atoms with E-state index in [0.29, 0.717) is 0 Å². The minimum absolute atomic E-state index is 0.298. The molecule has 0 radical (unpaired) electrons. The van der Waals surface area contributed by atoms with Crippen LogP contribution in [0.2, 0.25) is 0 Å². The minimum atomic E-state index is -0.540. The molecule has 0 saturated heterocycles. The molecule has 0 fully saturated rings. The summed E-state index contributed by atoms with van der Waals surface area (Å²) in [5.41, 5.74) is 2.56. The number of rotatable bonds is 3. The minimum Gasteiger partial charge on any atom is -0.150 e. The van der Waals surface area contributed by atoms with Crippen molar-refractivity contribution in [2.24, 2.45) is 10.4 Å². The molecule has 4 nitrogen and oxygen atoms in total. The molecule has 0 saturated carbocycles. The molecule has 0 aliphatic heterocycles. The Hall–Kier alpha value is -2.36. The molecule has 0 N–H and O–H groups in total. The van der Waals surface area contributed by atoms with Crippen molar-refractivity contribution in [1.82, 2.24) is 0 Å². The topological polar surface area (TPSA) is 58.9 Å². The number of nitrogens with zero attached hydrogens (tertiary/aromatic N) is 2. The van der Waals surface area contributed by atoms with E-state index < -0.39 is 12.1 Å². The Labute approximate surface area is 110 Å². The molecule has 2 atom stereocenters. The average molecular weight is 252 g/mol. The molecular weight excluding hydrogens is 240 g/mol. The van der Waals surface area contributed by atoms with Crippen LogP contribution in [0.25, 0.3) is 0 Å². The lowest BCUT2D eigenvalue weighted by atomic mass is 9.90. The van der Waals surface area contributed by atoms with Crippen LogP contribution < -0.4 is 0 Å². The van der Waals surface area contributed by atoms with Crippen molar-refractivity contribution in [3.63, 3.8) is 0 Å². The van der Waals surface area contributed by atoms with Crippen molar-refractivity contribution in [2.45, 2.75) is 18.0 Å². The third kappa shape index (κ3) is 1.76. The molecule has 1 aliphatic carbocycles. The van der Waals surface area contributed by atoms with Gasteiger partial charge in [0.2, 0.25) is 0 Å². The van der Waals surface area contributed by atoms with E-state index in [1.165, 1.54) is 0 Å². The Kier molecular flexibility index (Phi) is 2.91. The van der Waals surface area contributed by atoms with Crippen molar-refractivity contribution < 1.29 is 0 Å². The molecule has 19 heavy (non-hydrogen) atoms. The second-order valence-electron chi connectivity index (χ2n) is 4.67. The van der Waals surface area contributed by atoms with Gasteiger partial charge in [0.25, 0.3) is 0 Å². The Morgan fingerprint density at radius 3 is 1.63 bits per heavy atom. The number of nitroso groups, excluding NO2 is 2. The fraction of sp³-hybridized carbons (Fsp3) is 0.200. The van der Waals surface area contributed by atoms with Gasteiger partial charge < -0.3 is 0 Å². The van der Waals surface area contributed by atoms with Crippen molar-refractivity contribution in [3.8, 4) is 0 Å². The Morgan fingerprint density at radius 1 is 0.684 bits per heavy atom. The Balaban J connectivity index is 2.15. The summed E-state index contributed by atoms with van der Waals surface area (Å²) >= 11 is 0. The van der Waals surface area contributed by atoms with Gasteiger partial charge in [-0.3, -0.25) is 0 Å². The molecule has 94 valence electrons. The molecule has 0 amide bonds. The molecule has 3 rings (SSSR count). The van der Waals surface area contributed by atoms with E-state index >= 15 is 0 Å². The maximum absolute atomic E-state index is 11.2. The van der Waals surface area contributed by atoms with Gasteiger partial charge in [0.15, 0.2) is 0 Å². The Bertz CT molecular complexity index is 578. The highest BCUT2D eigenvalue weighted by molar-refractivity contribution is 5.45. The lowest BCUT2D eigenvalue weighted by Crippen LogP contribution is -2.07. The van der Waals surface area contributed by atoms with Crippen LogP contribution in [0.4, 0.5) is 0 Å². The fourth-order valence-corrected chi connectivity index (χ4v) is 2.89. The van der Waals surface area contributed by atoms with E-state index in [2.05, 4.69) is 10.4 Å². The SMILES string of the molecule is O=NC1c2ccccc2C(N=O)C1c1ccccc1. The molecular formula is C15H12N2O2. The average Bonchev–Trinajstić information content (AvgIpc) is 2.81. The van der Waals surface area contributed by atoms with E-state index in [9.17, 15) is 9.81 Å².